The van der Waals surface area contributed by atoms with E-state index in [1.807, 2.05) is 0 Å². The molecule has 1 aromatic carbocycles. The van der Waals surface area contributed by atoms with E-state index < -0.39 is 11.9 Å². The van der Waals surface area contributed by atoms with Crippen LogP contribution in [0.2, 0.25) is 0 Å². The number of nitrogens with zero attached hydrogens (tertiary/aromatic N) is 4. The zero-order chi connectivity index (χ0) is 22.2. The Morgan fingerprint density at radius 2 is 2.06 bits per heavy atom. The summed E-state index contributed by atoms with van der Waals surface area (Å²) in [5, 5.41) is 8.29. The van der Waals surface area contributed by atoms with Crippen molar-refractivity contribution in [2.24, 2.45) is 5.11 Å². The third kappa shape index (κ3) is 5.79. The Bertz CT molecular complexity index is 928. The number of azide groups is 1. The van der Waals surface area contributed by atoms with Gasteiger partial charge in [-0.25, -0.2) is 0 Å². The number of fused-ring (bicyclic) bond motifs is 1. The molecule has 1 saturated heterocycles. The number of hydrogen-bond donors (Lipinski definition) is 2. The lowest BCUT2D eigenvalue weighted by Crippen LogP contribution is -2.52. The molecule has 2 aliphatic heterocycles. The summed E-state index contributed by atoms with van der Waals surface area (Å²) in [7, 11) is 0. The predicted octanol–water partition coefficient (Wildman–Crippen LogP) is 0.730. The number of rotatable bonds is 10. The van der Waals surface area contributed by atoms with E-state index >= 15 is 0 Å². The molecule has 1 aromatic rings. The minimum absolute atomic E-state index is 0.169. The minimum Gasteiger partial charge on any atom is -0.379 e. The second-order valence-electron chi connectivity index (χ2n) is 6.94. The van der Waals surface area contributed by atoms with E-state index in [1.165, 1.54) is 4.90 Å². The molecule has 12 heteroatoms. The van der Waals surface area contributed by atoms with Gasteiger partial charge < -0.3 is 19.7 Å². The summed E-state index contributed by atoms with van der Waals surface area (Å²) >= 11 is 0. The Kier molecular flexibility index (Phi) is 7.55. The molecule has 1 unspecified atom stereocenters. The van der Waals surface area contributed by atoms with Gasteiger partial charge in [-0.15, -0.1) is 0 Å². The maximum Gasteiger partial charge on any atom is 0.255 e. The molecule has 0 saturated carbocycles. The molecule has 3 rings (SSSR count). The third-order valence-corrected chi connectivity index (χ3v) is 4.81. The Morgan fingerprint density at radius 1 is 1.26 bits per heavy atom. The van der Waals surface area contributed by atoms with Crippen LogP contribution < -0.4 is 10.6 Å². The molecule has 1 atom stereocenters. The molecule has 0 bridgehead atoms. The highest BCUT2D eigenvalue weighted by molar-refractivity contribution is 6.05. The number of imide groups is 1. The average molecular weight is 430 g/mol. The van der Waals surface area contributed by atoms with Crippen molar-refractivity contribution >= 4 is 29.3 Å². The standard InChI is InChI=1S/C19H22N6O6/c20-24-21-5-6-30-7-8-31-11-17(27)22-13-1-2-14-12(9-13)10-25(19(14)29)15-3-4-16(26)23-18(15)28/h1-2,9,15H,3-8,10-11H2,(H,22,27)(H,23,26,28). The van der Waals surface area contributed by atoms with Gasteiger partial charge in [-0.2, -0.15) is 0 Å². The van der Waals surface area contributed by atoms with Gasteiger partial charge in [0, 0.05) is 35.7 Å². The predicted molar refractivity (Wildman–Crippen MR) is 107 cm³/mol. The summed E-state index contributed by atoms with van der Waals surface area (Å²) in [6.45, 7) is 1.06. The summed E-state index contributed by atoms with van der Waals surface area (Å²) in [6, 6.07) is 4.23. The van der Waals surface area contributed by atoms with Crippen LogP contribution in [0.1, 0.15) is 28.8 Å². The zero-order valence-corrected chi connectivity index (χ0v) is 16.7. The van der Waals surface area contributed by atoms with E-state index in [1.54, 1.807) is 18.2 Å². The monoisotopic (exact) mass is 430 g/mol. The molecule has 4 amide bonds. The van der Waals surface area contributed by atoms with Crippen molar-refractivity contribution in [2.75, 3.05) is 38.3 Å². The molecular formula is C19H22N6O6. The van der Waals surface area contributed by atoms with Gasteiger partial charge in [0.1, 0.15) is 12.6 Å². The first kappa shape index (κ1) is 22.2. The van der Waals surface area contributed by atoms with Crippen LogP contribution in [0.15, 0.2) is 23.3 Å². The second-order valence-corrected chi connectivity index (χ2v) is 6.94. The summed E-state index contributed by atoms with van der Waals surface area (Å²) < 4.78 is 10.4. The number of anilines is 1. The van der Waals surface area contributed by atoms with Crippen LogP contribution in [0.5, 0.6) is 0 Å². The van der Waals surface area contributed by atoms with Gasteiger partial charge in [0.2, 0.25) is 17.7 Å². The summed E-state index contributed by atoms with van der Waals surface area (Å²) in [6.07, 6.45) is 0.483. The molecule has 31 heavy (non-hydrogen) atoms. The van der Waals surface area contributed by atoms with E-state index in [9.17, 15) is 19.2 Å². The van der Waals surface area contributed by atoms with Crippen LogP contribution in [0.25, 0.3) is 10.4 Å². The van der Waals surface area contributed by atoms with E-state index in [2.05, 4.69) is 20.7 Å². The number of benzene rings is 1. The molecule has 0 aromatic heterocycles. The SMILES string of the molecule is [N-]=[N+]=NCCOCCOCC(=O)Nc1ccc2c(c1)CN(C1CCC(=O)NC1=O)C2=O. The molecule has 2 aliphatic rings. The van der Waals surface area contributed by atoms with Gasteiger partial charge in [0.25, 0.3) is 5.91 Å². The molecule has 164 valence electrons. The molecule has 0 aliphatic carbocycles. The number of amides is 4. The molecule has 1 fully saturated rings. The molecule has 2 heterocycles. The molecule has 2 N–H and O–H groups in total. The number of hydrogen-bond acceptors (Lipinski definition) is 7. The lowest BCUT2D eigenvalue weighted by atomic mass is 10.0. The Labute approximate surface area is 177 Å². The number of carbonyl (C=O) groups excluding carboxylic acids is 4. The smallest absolute Gasteiger partial charge is 0.255 e. The van der Waals surface area contributed by atoms with Crippen molar-refractivity contribution in [3.63, 3.8) is 0 Å². The van der Waals surface area contributed by atoms with Gasteiger partial charge >= 0.3 is 0 Å². The average Bonchev–Trinajstić information content (AvgIpc) is 3.05. The fraction of sp³-hybridized carbons (Fsp3) is 0.474. The lowest BCUT2D eigenvalue weighted by molar-refractivity contribution is -0.137. The molecular weight excluding hydrogens is 408 g/mol. The highest BCUT2D eigenvalue weighted by atomic mass is 16.5. The first-order chi connectivity index (χ1) is 15.0. The zero-order valence-electron chi connectivity index (χ0n) is 16.7. The van der Waals surface area contributed by atoms with Crippen molar-refractivity contribution in [1.82, 2.24) is 10.2 Å². The van der Waals surface area contributed by atoms with Gasteiger partial charge in [0.15, 0.2) is 0 Å². The topological polar surface area (TPSA) is 163 Å². The quantitative estimate of drug-likeness (QED) is 0.183. The lowest BCUT2D eigenvalue weighted by Gasteiger charge is -2.29. The third-order valence-electron chi connectivity index (χ3n) is 4.81. The van der Waals surface area contributed by atoms with Gasteiger partial charge in [-0.1, -0.05) is 5.11 Å². The maximum atomic E-state index is 12.7. The largest absolute Gasteiger partial charge is 0.379 e. The van der Waals surface area contributed by atoms with Crippen molar-refractivity contribution in [1.29, 1.82) is 0 Å². The maximum absolute atomic E-state index is 12.7. The first-order valence-electron chi connectivity index (χ1n) is 9.73. The summed E-state index contributed by atoms with van der Waals surface area (Å²) in [4.78, 5) is 52.2. The first-order valence-corrected chi connectivity index (χ1v) is 9.73. The number of piperidine rings is 1. The van der Waals surface area contributed by atoms with Crippen molar-refractivity contribution in [3.05, 3.63) is 39.8 Å². The van der Waals surface area contributed by atoms with Crippen LogP contribution >= 0.6 is 0 Å². The Morgan fingerprint density at radius 3 is 2.84 bits per heavy atom. The Hall–Kier alpha value is -3.47. The number of carbonyl (C=O) groups is 4. The van der Waals surface area contributed by atoms with Crippen molar-refractivity contribution in [2.45, 2.75) is 25.4 Å². The second kappa shape index (κ2) is 10.5. The minimum atomic E-state index is -0.682. The Balaban J connectivity index is 1.46. The van der Waals surface area contributed by atoms with E-state index in [0.29, 0.717) is 23.2 Å². The van der Waals surface area contributed by atoms with Crippen LogP contribution in [-0.4, -0.2) is 67.5 Å². The highest BCUT2D eigenvalue weighted by Crippen LogP contribution is 2.29. The van der Waals surface area contributed by atoms with E-state index in [0.717, 1.165) is 0 Å². The van der Waals surface area contributed by atoms with Crippen LogP contribution in [0, 0.1) is 0 Å². The normalized spacial score (nSPS) is 17.7. The fourth-order valence-corrected chi connectivity index (χ4v) is 3.38. The van der Waals surface area contributed by atoms with Crippen molar-refractivity contribution in [3.8, 4) is 0 Å². The van der Waals surface area contributed by atoms with Gasteiger partial charge in [-0.05, 0) is 35.7 Å². The number of nitrogens with one attached hydrogen (secondary N) is 2. The van der Waals surface area contributed by atoms with E-state index in [-0.39, 0.29) is 63.7 Å². The fourth-order valence-electron chi connectivity index (χ4n) is 3.38. The summed E-state index contributed by atoms with van der Waals surface area (Å²) in [5.41, 5.74) is 9.81. The van der Waals surface area contributed by atoms with Gasteiger partial charge in [0.05, 0.1) is 19.8 Å². The summed E-state index contributed by atoms with van der Waals surface area (Å²) in [5.74, 6) is -1.44. The van der Waals surface area contributed by atoms with Gasteiger partial charge in [-0.3, -0.25) is 24.5 Å². The van der Waals surface area contributed by atoms with Crippen LogP contribution in [0.3, 0.4) is 0 Å². The van der Waals surface area contributed by atoms with Crippen LogP contribution in [-0.2, 0) is 30.4 Å². The van der Waals surface area contributed by atoms with Crippen LogP contribution in [0.4, 0.5) is 5.69 Å². The number of ether oxygens (including phenoxy) is 2. The van der Waals surface area contributed by atoms with E-state index in [4.69, 9.17) is 15.0 Å². The molecule has 12 nitrogen and oxygen atoms in total. The molecule has 0 spiro atoms. The van der Waals surface area contributed by atoms with Crippen molar-refractivity contribution < 1.29 is 28.7 Å². The highest BCUT2D eigenvalue weighted by Gasteiger charge is 2.39. The molecule has 0 radical (unpaired) electrons.